The van der Waals surface area contributed by atoms with E-state index in [0.717, 1.165) is 4.68 Å². The number of nitriles is 1. The zero-order valence-electron chi connectivity index (χ0n) is 15.7. The number of aromatic nitrogens is 3. The van der Waals surface area contributed by atoms with E-state index in [1.165, 1.54) is 20.2 Å². The van der Waals surface area contributed by atoms with Crippen molar-refractivity contribution in [3.05, 3.63) is 81.5 Å². The van der Waals surface area contributed by atoms with Gasteiger partial charge in [-0.25, -0.2) is 5.43 Å². The first-order valence-corrected chi connectivity index (χ1v) is 8.47. The number of carbonyl (C=O) groups is 1. The van der Waals surface area contributed by atoms with E-state index in [1.54, 1.807) is 48.8 Å². The molecule has 1 amide bonds. The Morgan fingerprint density at radius 2 is 2.07 bits per heavy atom. The summed E-state index contributed by atoms with van der Waals surface area (Å²) in [5.41, 5.74) is 2.74. The molecule has 0 aliphatic rings. The van der Waals surface area contributed by atoms with Gasteiger partial charge in [-0.3, -0.25) is 14.6 Å². The number of hydrazone groups is 1. The maximum atomic E-state index is 12.6. The number of hydrogen-bond donors (Lipinski definition) is 1. The predicted octanol–water partition coefficient (Wildman–Crippen LogP) is 1.58. The number of nitrogens with one attached hydrogen (secondary N) is 1. The van der Waals surface area contributed by atoms with Crippen LogP contribution in [-0.4, -0.2) is 34.0 Å². The second-order valence-corrected chi connectivity index (χ2v) is 5.86. The van der Waals surface area contributed by atoms with Crippen molar-refractivity contribution in [2.45, 2.75) is 6.92 Å². The molecule has 144 valence electrons. The van der Waals surface area contributed by atoms with Gasteiger partial charge in [0.25, 0.3) is 11.5 Å². The number of nitrogens with zero attached hydrogens (tertiary/aromatic N) is 5. The van der Waals surface area contributed by atoms with E-state index in [1.807, 2.05) is 6.07 Å². The molecular formula is C20H16N6O3. The van der Waals surface area contributed by atoms with Crippen molar-refractivity contribution in [1.82, 2.24) is 20.2 Å². The Bertz CT molecular complexity index is 1160. The largest absolute Gasteiger partial charge is 0.497 e. The smallest absolute Gasteiger partial charge is 0.292 e. The van der Waals surface area contributed by atoms with Gasteiger partial charge in [0.15, 0.2) is 5.69 Å². The van der Waals surface area contributed by atoms with Gasteiger partial charge < -0.3 is 4.74 Å². The molecule has 0 unspecified atom stereocenters. The first-order valence-electron chi connectivity index (χ1n) is 8.47. The third-order valence-electron chi connectivity index (χ3n) is 4.04. The fraction of sp³-hybridized carbons (Fsp3) is 0.100. The lowest BCUT2D eigenvalue weighted by Gasteiger charge is -2.11. The van der Waals surface area contributed by atoms with Crippen molar-refractivity contribution in [2.75, 3.05) is 7.11 Å². The number of pyridine rings is 1. The van der Waals surface area contributed by atoms with E-state index in [9.17, 15) is 14.9 Å². The Hall–Kier alpha value is -4.32. The van der Waals surface area contributed by atoms with E-state index in [-0.39, 0.29) is 16.8 Å². The van der Waals surface area contributed by atoms with E-state index >= 15 is 0 Å². The van der Waals surface area contributed by atoms with Crippen LogP contribution in [0.3, 0.4) is 0 Å². The normalized spacial score (nSPS) is 10.5. The summed E-state index contributed by atoms with van der Waals surface area (Å²) < 4.78 is 6.10. The summed E-state index contributed by atoms with van der Waals surface area (Å²) in [6.07, 6.45) is 4.62. The zero-order chi connectivity index (χ0) is 20.8. The van der Waals surface area contributed by atoms with Crippen LogP contribution in [0.15, 0.2) is 58.7 Å². The molecule has 2 heterocycles. The minimum absolute atomic E-state index is 0.0831. The van der Waals surface area contributed by atoms with Crippen molar-refractivity contribution < 1.29 is 9.53 Å². The molecule has 1 aromatic carbocycles. The highest BCUT2D eigenvalue weighted by atomic mass is 16.5. The van der Waals surface area contributed by atoms with Crippen LogP contribution in [-0.2, 0) is 0 Å². The van der Waals surface area contributed by atoms with Crippen LogP contribution in [0.5, 0.6) is 5.75 Å². The number of carbonyl (C=O) groups excluding carboxylic acids is 1. The molecule has 3 aromatic rings. The second kappa shape index (κ2) is 8.58. The summed E-state index contributed by atoms with van der Waals surface area (Å²) in [5.74, 6) is -0.0569. The Balaban J connectivity index is 1.97. The highest BCUT2D eigenvalue weighted by molar-refractivity contribution is 5.94. The van der Waals surface area contributed by atoms with E-state index in [4.69, 9.17) is 4.74 Å². The lowest BCUT2D eigenvalue weighted by Crippen LogP contribution is -2.31. The van der Waals surface area contributed by atoms with Gasteiger partial charge >= 0.3 is 0 Å². The summed E-state index contributed by atoms with van der Waals surface area (Å²) in [6.45, 7) is 1.49. The number of hydrogen-bond acceptors (Lipinski definition) is 7. The average molecular weight is 388 g/mol. The molecule has 0 atom stereocenters. The molecule has 0 fully saturated rings. The molecule has 0 radical (unpaired) electrons. The lowest BCUT2D eigenvalue weighted by atomic mass is 10.1. The number of methoxy groups -OCH3 is 1. The van der Waals surface area contributed by atoms with Gasteiger partial charge in [0.1, 0.15) is 17.4 Å². The molecular weight excluding hydrogens is 372 g/mol. The average Bonchev–Trinajstić information content (AvgIpc) is 2.75. The third kappa shape index (κ3) is 4.17. The van der Waals surface area contributed by atoms with Crippen molar-refractivity contribution in [2.24, 2.45) is 5.10 Å². The molecule has 0 aliphatic carbocycles. The molecule has 3 rings (SSSR count). The van der Waals surface area contributed by atoms with Crippen LogP contribution >= 0.6 is 0 Å². The third-order valence-corrected chi connectivity index (χ3v) is 4.04. The topological polar surface area (TPSA) is 122 Å². The van der Waals surface area contributed by atoms with Gasteiger partial charge in [-0.05, 0) is 37.3 Å². The summed E-state index contributed by atoms with van der Waals surface area (Å²) in [6, 6.07) is 11.8. The van der Waals surface area contributed by atoms with Crippen LogP contribution in [0.1, 0.15) is 27.2 Å². The number of amides is 1. The molecule has 9 nitrogen and oxygen atoms in total. The lowest BCUT2D eigenvalue weighted by molar-refractivity contribution is 0.0947. The Labute approximate surface area is 165 Å². The van der Waals surface area contributed by atoms with Crippen LogP contribution in [0.25, 0.3) is 5.69 Å². The molecule has 0 saturated heterocycles. The molecule has 0 spiro atoms. The standard InChI is InChI=1S/C20H16N6O3/c1-13-17(10-21)20(28)26(15-5-7-16(29-2)8-6-15)25-18(13)19(27)24-23-12-14-4-3-9-22-11-14/h3-9,11-12H,1-2H3,(H,24,27)/b23-12+. The van der Waals surface area contributed by atoms with Crippen LogP contribution in [0.4, 0.5) is 0 Å². The van der Waals surface area contributed by atoms with E-state index in [0.29, 0.717) is 17.0 Å². The fourth-order valence-electron chi connectivity index (χ4n) is 2.52. The summed E-state index contributed by atoms with van der Waals surface area (Å²) in [4.78, 5) is 29.1. The summed E-state index contributed by atoms with van der Waals surface area (Å²) in [5, 5.41) is 17.4. The van der Waals surface area contributed by atoms with Crippen molar-refractivity contribution in [3.8, 4) is 17.5 Å². The first-order chi connectivity index (χ1) is 14.0. The van der Waals surface area contributed by atoms with Crippen LogP contribution in [0.2, 0.25) is 0 Å². The zero-order valence-corrected chi connectivity index (χ0v) is 15.7. The number of ether oxygens (including phenoxy) is 1. The van der Waals surface area contributed by atoms with Gasteiger partial charge in [-0.1, -0.05) is 6.07 Å². The monoisotopic (exact) mass is 388 g/mol. The van der Waals surface area contributed by atoms with E-state index in [2.05, 4.69) is 20.6 Å². The second-order valence-electron chi connectivity index (χ2n) is 5.86. The minimum Gasteiger partial charge on any atom is -0.497 e. The quantitative estimate of drug-likeness (QED) is 0.523. The highest BCUT2D eigenvalue weighted by Gasteiger charge is 2.20. The number of rotatable bonds is 5. The Morgan fingerprint density at radius 1 is 1.31 bits per heavy atom. The molecule has 0 bridgehead atoms. The van der Waals surface area contributed by atoms with Crippen molar-refractivity contribution >= 4 is 12.1 Å². The number of benzene rings is 1. The molecule has 29 heavy (non-hydrogen) atoms. The molecule has 2 aromatic heterocycles. The Kier molecular flexibility index (Phi) is 5.75. The van der Waals surface area contributed by atoms with Crippen LogP contribution in [0, 0.1) is 18.3 Å². The first kappa shape index (κ1) is 19.4. The molecule has 0 saturated carbocycles. The summed E-state index contributed by atoms with van der Waals surface area (Å²) >= 11 is 0. The van der Waals surface area contributed by atoms with Gasteiger partial charge in [0.05, 0.1) is 19.0 Å². The fourth-order valence-corrected chi connectivity index (χ4v) is 2.52. The maximum absolute atomic E-state index is 12.6. The van der Waals surface area contributed by atoms with E-state index < -0.39 is 11.5 Å². The maximum Gasteiger partial charge on any atom is 0.292 e. The van der Waals surface area contributed by atoms with Gasteiger partial charge in [-0.15, -0.1) is 0 Å². The minimum atomic E-state index is -0.651. The highest BCUT2D eigenvalue weighted by Crippen LogP contribution is 2.15. The predicted molar refractivity (Wildman–Crippen MR) is 105 cm³/mol. The SMILES string of the molecule is COc1ccc(-n2nc(C(=O)N/N=C/c3cccnc3)c(C)c(C#N)c2=O)cc1. The molecule has 9 heteroatoms. The molecule has 0 aliphatic heterocycles. The van der Waals surface area contributed by atoms with Gasteiger partial charge in [0, 0.05) is 23.5 Å². The van der Waals surface area contributed by atoms with Gasteiger partial charge in [0.2, 0.25) is 0 Å². The Morgan fingerprint density at radius 3 is 2.69 bits per heavy atom. The van der Waals surface area contributed by atoms with Gasteiger partial charge in [-0.2, -0.15) is 20.1 Å². The van der Waals surface area contributed by atoms with Crippen molar-refractivity contribution in [3.63, 3.8) is 0 Å². The molecule has 1 N–H and O–H groups in total. The summed E-state index contributed by atoms with van der Waals surface area (Å²) in [7, 11) is 1.52. The van der Waals surface area contributed by atoms with Crippen LogP contribution < -0.4 is 15.7 Å². The van der Waals surface area contributed by atoms with Crippen molar-refractivity contribution in [1.29, 1.82) is 5.26 Å².